The van der Waals surface area contributed by atoms with Crippen molar-refractivity contribution in [3.63, 3.8) is 0 Å². The maximum Gasteiger partial charge on any atom is 0.407 e. The standard InChI is InChI=1S/C25H28F2N2O4/c1-25(2,3)33-24(31)28-14-17(13-26)16-32-22-9-8-19(12-21(22)27)23(30)29-11-10-18-6-4-5-7-20(18)15-29/h4-9,12-13H,10-11,14-16H2,1-3H3,(H,28,31)/b17-13-. The Labute approximate surface area is 192 Å². The third kappa shape index (κ3) is 6.78. The Hall–Kier alpha value is -3.42. The molecule has 0 saturated carbocycles. The van der Waals surface area contributed by atoms with Crippen LogP contribution in [0.3, 0.4) is 0 Å². The fraction of sp³-hybridized carbons (Fsp3) is 0.360. The number of alkyl carbamates (subject to hydrolysis) is 1. The number of hydrogen-bond acceptors (Lipinski definition) is 4. The summed E-state index contributed by atoms with van der Waals surface area (Å²) >= 11 is 0. The Morgan fingerprint density at radius 3 is 2.55 bits per heavy atom. The van der Waals surface area contributed by atoms with E-state index in [0.29, 0.717) is 19.4 Å². The van der Waals surface area contributed by atoms with E-state index >= 15 is 0 Å². The first-order valence-electron chi connectivity index (χ1n) is 10.7. The van der Waals surface area contributed by atoms with Crippen molar-refractivity contribution in [1.82, 2.24) is 10.2 Å². The van der Waals surface area contributed by atoms with Gasteiger partial charge in [0, 0.05) is 30.8 Å². The zero-order chi connectivity index (χ0) is 24.0. The summed E-state index contributed by atoms with van der Waals surface area (Å²) in [4.78, 5) is 26.2. The smallest absolute Gasteiger partial charge is 0.407 e. The molecule has 0 spiro atoms. The fourth-order valence-corrected chi connectivity index (χ4v) is 3.39. The molecule has 0 unspecified atom stereocenters. The monoisotopic (exact) mass is 458 g/mol. The van der Waals surface area contributed by atoms with Gasteiger partial charge in [-0.25, -0.2) is 13.6 Å². The van der Waals surface area contributed by atoms with Gasteiger partial charge in [-0.2, -0.15) is 0 Å². The summed E-state index contributed by atoms with van der Waals surface area (Å²) in [6, 6.07) is 11.9. The number of halogens is 2. The van der Waals surface area contributed by atoms with Gasteiger partial charge in [0.1, 0.15) is 12.2 Å². The van der Waals surface area contributed by atoms with Crippen LogP contribution in [0.5, 0.6) is 5.75 Å². The molecular formula is C25H28F2N2O4. The third-order valence-electron chi connectivity index (χ3n) is 5.02. The molecule has 3 rings (SSSR count). The van der Waals surface area contributed by atoms with Crippen molar-refractivity contribution in [3.8, 4) is 5.75 Å². The van der Waals surface area contributed by atoms with E-state index in [-0.39, 0.29) is 35.9 Å². The molecule has 0 bridgehead atoms. The molecule has 0 fully saturated rings. The molecule has 0 aromatic heterocycles. The Morgan fingerprint density at radius 2 is 1.88 bits per heavy atom. The van der Waals surface area contributed by atoms with Crippen LogP contribution in [-0.2, 0) is 17.7 Å². The Morgan fingerprint density at radius 1 is 1.15 bits per heavy atom. The third-order valence-corrected chi connectivity index (χ3v) is 5.02. The number of nitrogens with zero attached hydrogens (tertiary/aromatic N) is 1. The highest BCUT2D eigenvalue weighted by molar-refractivity contribution is 5.94. The van der Waals surface area contributed by atoms with Gasteiger partial charge >= 0.3 is 6.09 Å². The van der Waals surface area contributed by atoms with Crippen molar-refractivity contribution in [1.29, 1.82) is 0 Å². The SMILES string of the molecule is CC(C)(C)OC(=O)NC/C(=C/F)COc1ccc(C(=O)N2CCc3ccccc3C2)cc1F. The number of amides is 2. The molecular weight excluding hydrogens is 430 g/mol. The lowest BCUT2D eigenvalue weighted by atomic mass is 9.99. The first-order valence-corrected chi connectivity index (χ1v) is 10.7. The molecule has 2 aromatic rings. The Kier molecular flexibility index (Phi) is 7.68. The molecule has 6 nitrogen and oxygen atoms in total. The maximum absolute atomic E-state index is 14.6. The topological polar surface area (TPSA) is 67.9 Å². The van der Waals surface area contributed by atoms with Crippen LogP contribution in [0.4, 0.5) is 13.6 Å². The summed E-state index contributed by atoms with van der Waals surface area (Å²) < 4.78 is 38.2. The number of ether oxygens (including phenoxy) is 2. The van der Waals surface area contributed by atoms with Crippen LogP contribution in [0.25, 0.3) is 0 Å². The van der Waals surface area contributed by atoms with E-state index in [1.807, 2.05) is 24.3 Å². The highest BCUT2D eigenvalue weighted by Gasteiger charge is 2.22. The van der Waals surface area contributed by atoms with E-state index in [0.717, 1.165) is 18.1 Å². The number of carbonyl (C=O) groups excluding carboxylic acids is 2. The normalized spacial score (nSPS) is 13.8. The van der Waals surface area contributed by atoms with Gasteiger partial charge in [0.25, 0.3) is 5.91 Å². The molecule has 0 aliphatic carbocycles. The second kappa shape index (κ2) is 10.5. The van der Waals surface area contributed by atoms with Gasteiger partial charge in [0.05, 0.1) is 6.33 Å². The van der Waals surface area contributed by atoms with Gasteiger partial charge < -0.3 is 19.7 Å². The highest BCUT2D eigenvalue weighted by atomic mass is 19.1. The number of carbonyl (C=O) groups is 2. The molecule has 2 amide bonds. The maximum atomic E-state index is 14.6. The number of rotatable bonds is 6. The van der Waals surface area contributed by atoms with Crippen molar-refractivity contribution < 1.29 is 27.8 Å². The van der Waals surface area contributed by atoms with E-state index < -0.39 is 17.5 Å². The minimum Gasteiger partial charge on any atom is -0.486 e. The van der Waals surface area contributed by atoms with Crippen molar-refractivity contribution >= 4 is 12.0 Å². The zero-order valence-corrected chi connectivity index (χ0v) is 19.0. The molecule has 0 atom stereocenters. The lowest BCUT2D eigenvalue weighted by Gasteiger charge is -2.29. The highest BCUT2D eigenvalue weighted by Crippen LogP contribution is 2.23. The second-order valence-corrected chi connectivity index (χ2v) is 8.80. The van der Waals surface area contributed by atoms with E-state index in [1.54, 1.807) is 25.7 Å². The number of fused-ring (bicyclic) bond motifs is 1. The average Bonchev–Trinajstić information content (AvgIpc) is 2.78. The predicted molar refractivity (Wildman–Crippen MR) is 120 cm³/mol. The van der Waals surface area contributed by atoms with Gasteiger partial charge in [0.2, 0.25) is 0 Å². The van der Waals surface area contributed by atoms with Crippen molar-refractivity contribution in [2.75, 3.05) is 19.7 Å². The van der Waals surface area contributed by atoms with E-state index in [9.17, 15) is 18.4 Å². The van der Waals surface area contributed by atoms with Crippen LogP contribution in [0.2, 0.25) is 0 Å². The van der Waals surface area contributed by atoms with Crippen LogP contribution in [0.15, 0.2) is 54.4 Å². The van der Waals surface area contributed by atoms with Gasteiger partial charge in [-0.05, 0) is 56.5 Å². The molecule has 1 aliphatic heterocycles. The number of nitrogens with one attached hydrogen (secondary N) is 1. The van der Waals surface area contributed by atoms with E-state index in [4.69, 9.17) is 9.47 Å². The van der Waals surface area contributed by atoms with Crippen LogP contribution in [0.1, 0.15) is 42.3 Å². The molecule has 1 heterocycles. The van der Waals surface area contributed by atoms with Crippen LogP contribution < -0.4 is 10.1 Å². The minimum atomic E-state index is -0.725. The number of hydrogen-bond donors (Lipinski definition) is 1. The van der Waals surface area contributed by atoms with Gasteiger partial charge in [0.15, 0.2) is 11.6 Å². The van der Waals surface area contributed by atoms with Gasteiger partial charge in [-0.15, -0.1) is 0 Å². The summed E-state index contributed by atoms with van der Waals surface area (Å²) in [6.45, 7) is 5.74. The zero-order valence-electron chi connectivity index (χ0n) is 19.0. The summed E-state index contributed by atoms with van der Waals surface area (Å²) in [7, 11) is 0. The van der Waals surface area contributed by atoms with Crippen molar-refractivity contribution in [2.45, 2.75) is 39.3 Å². The summed E-state index contributed by atoms with van der Waals surface area (Å²) in [6.07, 6.45) is 0.346. The van der Waals surface area contributed by atoms with Gasteiger partial charge in [-0.1, -0.05) is 24.3 Å². The molecule has 33 heavy (non-hydrogen) atoms. The molecule has 1 aliphatic rings. The van der Waals surface area contributed by atoms with Crippen LogP contribution >= 0.6 is 0 Å². The Bertz CT molecular complexity index is 1050. The molecule has 176 valence electrons. The first-order chi connectivity index (χ1) is 15.7. The van der Waals surface area contributed by atoms with Gasteiger partial charge in [-0.3, -0.25) is 4.79 Å². The first kappa shape index (κ1) is 24.2. The largest absolute Gasteiger partial charge is 0.486 e. The second-order valence-electron chi connectivity index (χ2n) is 8.80. The fourth-order valence-electron chi connectivity index (χ4n) is 3.39. The molecule has 0 radical (unpaired) electrons. The summed E-state index contributed by atoms with van der Waals surface area (Å²) in [5.74, 6) is -1.11. The lowest BCUT2D eigenvalue weighted by Crippen LogP contribution is -2.36. The predicted octanol–water partition coefficient (Wildman–Crippen LogP) is 4.78. The quantitative estimate of drug-likeness (QED) is 0.677. The van der Waals surface area contributed by atoms with E-state index in [1.165, 1.54) is 17.7 Å². The summed E-state index contributed by atoms with van der Waals surface area (Å²) in [5.41, 5.74) is 1.93. The minimum absolute atomic E-state index is 0.0902. The molecule has 1 N–H and O–H groups in total. The lowest BCUT2D eigenvalue weighted by molar-refractivity contribution is 0.0531. The summed E-state index contributed by atoms with van der Waals surface area (Å²) in [5, 5.41) is 2.42. The van der Waals surface area contributed by atoms with Crippen molar-refractivity contribution in [2.24, 2.45) is 0 Å². The molecule has 2 aromatic carbocycles. The van der Waals surface area contributed by atoms with Crippen LogP contribution in [0, 0.1) is 5.82 Å². The molecule has 8 heteroatoms. The van der Waals surface area contributed by atoms with E-state index in [2.05, 4.69) is 5.32 Å². The van der Waals surface area contributed by atoms with Crippen molar-refractivity contribution in [3.05, 3.63) is 76.9 Å². The molecule has 0 saturated heterocycles. The average molecular weight is 459 g/mol. The number of benzene rings is 2. The Balaban J connectivity index is 1.56. The van der Waals surface area contributed by atoms with Crippen LogP contribution in [-0.4, -0.2) is 42.2 Å².